The topological polar surface area (TPSA) is 185 Å². The van der Waals surface area contributed by atoms with Gasteiger partial charge in [0.2, 0.25) is 0 Å². The van der Waals surface area contributed by atoms with Crippen LogP contribution in [0.4, 0.5) is 0 Å². The summed E-state index contributed by atoms with van der Waals surface area (Å²) in [5.41, 5.74) is -0.463. The van der Waals surface area contributed by atoms with Crippen LogP contribution in [-0.2, 0) is 10.1 Å². The first kappa shape index (κ1) is 18.7. The summed E-state index contributed by atoms with van der Waals surface area (Å²) in [5.74, 6) is -1.08. The van der Waals surface area contributed by atoms with E-state index in [1.165, 1.54) is 12.1 Å². The minimum Gasteiger partial charge on any atom is -0.388 e. The second kappa shape index (κ2) is 6.72. The largest absolute Gasteiger partial charge is 0.388 e. The molecule has 1 fully saturated rings. The van der Waals surface area contributed by atoms with Gasteiger partial charge in [0, 0.05) is 0 Å². The molecule has 24 heavy (non-hydrogen) atoms. The van der Waals surface area contributed by atoms with E-state index in [1.54, 1.807) is 0 Å². The average Bonchev–Trinajstić information content (AvgIpc) is 2.54. The Morgan fingerprint density at radius 1 is 0.875 bits per heavy atom. The van der Waals surface area contributed by atoms with E-state index in [4.69, 9.17) is 4.55 Å². The molecular formula is C13H17NO9S. The highest BCUT2D eigenvalue weighted by Crippen LogP contribution is 2.23. The van der Waals surface area contributed by atoms with Crippen molar-refractivity contribution >= 4 is 16.0 Å². The highest BCUT2D eigenvalue weighted by molar-refractivity contribution is 7.86. The quantitative estimate of drug-likeness (QED) is 0.272. The number of nitrogens with one attached hydrogen (secondary N) is 1. The van der Waals surface area contributed by atoms with Crippen molar-refractivity contribution in [3.8, 4) is 0 Å². The lowest BCUT2D eigenvalue weighted by atomic mass is 9.83. The van der Waals surface area contributed by atoms with Gasteiger partial charge in [-0.2, -0.15) is 8.42 Å². The molecule has 0 saturated heterocycles. The van der Waals surface area contributed by atoms with Crippen molar-refractivity contribution in [2.45, 2.75) is 41.5 Å². The maximum absolute atomic E-state index is 12.2. The maximum Gasteiger partial charge on any atom is 0.295 e. The predicted octanol–water partition coefficient (Wildman–Crippen LogP) is -3.15. The highest BCUT2D eigenvalue weighted by Gasteiger charge is 2.48. The van der Waals surface area contributed by atoms with Crippen molar-refractivity contribution in [2.75, 3.05) is 0 Å². The number of carbonyl (C=O) groups is 1. The van der Waals surface area contributed by atoms with Gasteiger partial charge in [-0.15, -0.1) is 0 Å². The van der Waals surface area contributed by atoms with Crippen LogP contribution in [0.15, 0.2) is 29.2 Å². The molecule has 6 atom stereocenters. The van der Waals surface area contributed by atoms with E-state index in [-0.39, 0.29) is 0 Å². The molecule has 2 unspecified atom stereocenters. The third-order valence-electron chi connectivity index (χ3n) is 3.84. The summed E-state index contributed by atoms with van der Waals surface area (Å²) in [6.45, 7) is 0. The lowest BCUT2D eigenvalue weighted by Crippen LogP contribution is -2.68. The van der Waals surface area contributed by atoms with Crippen LogP contribution in [0.5, 0.6) is 0 Å². The third-order valence-corrected chi connectivity index (χ3v) is 4.75. The molecule has 1 aliphatic carbocycles. The van der Waals surface area contributed by atoms with Gasteiger partial charge in [-0.1, -0.05) is 12.1 Å². The molecule has 0 heterocycles. The lowest BCUT2D eigenvalue weighted by molar-refractivity contribution is -0.188. The van der Waals surface area contributed by atoms with Gasteiger partial charge in [-0.3, -0.25) is 9.35 Å². The number of benzene rings is 1. The van der Waals surface area contributed by atoms with Crippen molar-refractivity contribution in [1.82, 2.24) is 5.32 Å². The van der Waals surface area contributed by atoms with Gasteiger partial charge in [-0.05, 0) is 12.1 Å². The number of aliphatic hydroxyl groups is 5. The number of rotatable bonds is 3. The van der Waals surface area contributed by atoms with Crippen molar-refractivity contribution in [1.29, 1.82) is 0 Å². The molecule has 1 aliphatic rings. The zero-order chi connectivity index (χ0) is 18.2. The van der Waals surface area contributed by atoms with E-state index in [1.807, 2.05) is 0 Å². The highest BCUT2D eigenvalue weighted by atomic mass is 32.2. The van der Waals surface area contributed by atoms with Crippen LogP contribution in [0.3, 0.4) is 0 Å². The molecule has 0 aromatic heterocycles. The Labute approximate surface area is 136 Å². The van der Waals surface area contributed by atoms with Crippen LogP contribution >= 0.6 is 0 Å². The second-order valence-electron chi connectivity index (χ2n) is 5.42. The molecule has 0 bridgehead atoms. The fourth-order valence-corrected chi connectivity index (χ4v) is 3.20. The third kappa shape index (κ3) is 3.42. The minimum atomic E-state index is -4.70. The van der Waals surface area contributed by atoms with E-state index < -0.39 is 63.0 Å². The first-order chi connectivity index (χ1) is 11.1. The van der Waals surface area contributed by atoms with Gasteiger partial charge in [0.15, 0.2) is 0 Å². The molecule has 134 valence electrons. The van der Waals surface area contributed by atoms with Gasteiger partial charge in [-0.25, -0.2) is 0 Å². The summed E-state index contributed by atoms with van der Waals surface area (Å²) in [5, 5.41) is 50.5. The summed E-state index contributed by atoms with van der Waals surface area (Å²) >= 11 is 0. The molecule has 0 radical (unpaired) electrons. The number of carbonyl (C=O) groups excluding carboxylic acids is 1. The van der Waals surface area contributed by atoms with Crippen molar-refractivity contribution in [3.63, 3.8) is 0 Å². The van der Waals surface area contributed by atoms with Crippen LogP contribution < -0.4 is 5.32 Å². The Hall–Kier alpha value is -1.60. The van der Waals surface area contributed by atoms with Crippen LogP contribution in [0, 0.1) is 0 Å². The van der Waals surface area contributed by atoms with Gasteiger partial charge < -0.3 is 30.8 Å². The van der Waals surface area contributed by atoms with E-state index >= 15 is 0 Å². The summed E-state index contributed by atoms with van der Waals surface area (Å²) in [6, 6.07) is 3.08. The monoisotopic (exact) mass is 363 g/mol. The molecule has 2 rings (SSSR count). The Morgan fingerprint density at radius 2 is 1.33 bits per heavy atom. The smallest absolute Gasteiger partial charge is 0.295 e. The average molecular weight is 363 g/mol. The molecule has 0 spiro atoms. The Balaban J connectivity index is 2.30. The van der Waals surface area contributed by atoms with Crippen LogP contribution in [0.1, 0.15) is 10.4 Å². The van der Waals surface area contributed by atoms with Crippen LogP contribution in [0.2, 0.25) is 0 Å². The number of amides is 1. The number of hydrogen-bond donors (Lipinski definition) is 7. The summed E-state index contributed by atoms with van der Waals surface area (Å²) in [4.78, 5) is 11.5. The number of hydrogen-bond acceptors (Lipinski definition) is 8. The fourth-order valence-electron chi connectivity index (χ4n) is 2.51. The summed E-state index contributed by atoms with van der Waals surface area (Å²) < 4.78 is 31.7. The minimum absolute atomic E-state index is 0.463. The van der Waals surface area contributed by atoms with Gasteiger partial charge in [0.1, 0.15) is 35.4 Å². The zero-order valence-corrected chi connectivity index (χ0v) is 12.9. The molecule has 7 N–H and O–H groups in total. The molecular weight excluding hydrogens is 346 g/mol. The first-order valence-electron chi connectivity index (χ1n) is 6.83. The Bertz CT molecular complexity index is 706. The second-order valence-corrected chi connectivity index (χ2v) is 6.81. The Morgan fingerprint density at radius 3 is 1.83 bits per heavy atom. The molecule has 1 amide bonds. The van der Waals surface area contributed by atoms with Gasteiger partial charge >= 0.3 is 0 Å². The molecule has 0 aliphatic heterocycles. The molecule has 10 nitrogen and oxygen atoms in total. The fraction of sp³-hybridized carbons (Fsp3) is 0.462. The Kier molecular flexibility index (Phi) is 5.25. The zero-order valence-electron chi connectivity index (χ0n) is 12.1. The van der Waals surface area contributed by atoms with E-state index in [0.29, 0.717) is 0 Å². The SMILES string of the molecule is O=C(NC1[C@H](O)[C@H](O)C(O)[C@H](O)[C@H]1O)c1ccccc1S(=O)(=O)O. The molecule has 1 aromatic rings. The van der Waals surface area contributed by atoms with Crippen molar-refractivity contribution in [2.24, 2.45) is 0 Å². The van der Waals surface area contributed by atoms with E-state index in [2.05, 4.69) is 5.32 Å². The van der Waals surface area contributed by atoms with E-state index in [0.717, 1.165) is 12.1 Å². The van der Waals surface area contributed by atoms with Gasteiger partial charge in [0.05, 0.1) is 11.6 Å². The predicted molar refractivity (Wildman–Crippen MR) is 77.5 cm³/mol. The van der Waals surface area contributed by atoms with Crippen molar-refractivity contribution < 1.29 is 43.3 Å². The lowest BCUT2D eigenvalue weighted by Gasteiger charge is -2.42. The number of aliphatic hydroxyl groups excluding tert-OH is 5. The van der Waals surface area contributed by atoms with Crippen LogP contribution in [0.25, 0.3) is 0 Å². The molecule has 11 heteroatoms. The van der Waals surface area contributed by atoms with E-state index in [9.17, 15) is 38.7 Å². The van der Waals surface area contributed by atoms with Crippen LogP contribution in [-0.4, -0.2) is 81.0 Å². The van der Waals surface area contributed by atoms with Gasteiger partial charge in [0.25, 0.3) is 16.0 Å². The standard InChI is InChI=1S/C13H17NO9S/c15-8-7(9(16)11(18)12(19)10(8)17)14-13(20)5-3-1-2-4-6(5)24(21,22)23/h1-4,7-12,15-19H,(H,14,20)(H,21,22,23)/t7?,8-,9-,10-,11+,12?/m0/s1. The summed E-state index contributed by atoms with van der Waals surface area (Å²) in [6.07, 6.45) is -9.15. The summed E-state index contributed by atoms with van der Waals surface area (Å²) in [7, 11) is -4.70. The van der Waals surface area contributed by atoms with Crippen molar-refractivity contribution in [3.05, 3.63) is 29.8 Å². The normalized spacial score (nSPS) is 33.9. The molecule has 1 saturated carbocycles. The first-order valence-corrected chi connectivity index (χ1v) is 8.27. The molecule has 1 aromatic carbocycles. The maximum atomic E-state index is 12.2.